The first kappa shape index (κ1) is 27.6. The third-order valence-corrected chi connectivity index (χ3v) is 6.15. The van der Waals surface area contributed by atoms with Crippen molar-refractivity contribution in [3.05, 3.63) is 109 Å². The average molecular weight is 550 g/mol. The monoisotopic (exact) mass is 549 g/mol. The highest BCUT2D eigenvalue weighted by atomic mass is 19.1. The van der Waals surface area contributed by atoms with Gasteiger partial charge >= 0.3 is 5.69 Å². The number of halogens is 3. The fourth-order valence-electron chi connectivity index (χ4n) is 4.25. The van der Waals surface area contributed by atoms with Crippen LogP contribution in [0.1, 0.15) is 17.2 Å². The van der Waals surface area contributed by atoms with E-state index in [1.165, 1.54) is 38.4 Å². The summed E-state index contributed by atoms with van der Waals surface area (Å²) in [4.78, 5) is 25.6. The highest BCUT2D eigenvalue weighted by Gasteiger charge is 2.23. The second-order valence-electron chi connectivity index (χ2n) is 8.59. The molecule has 4 aromatic rings. The Morgan fingerprint density at radius 2 is 1.73 bits per heavy atom. The number of aromatic nitrogens is 2. The van der Waals surface area contributed by atoms with E-state index >= 15 is 8.78 Å². The molecule has 4 rings (SSSR count). The number of nitrogens with two attached hydrogens (primary N) is 2. The predicted octanol–water partition coefficient (Wildman–Crippen LogP) is 1.47. The molecule has 1 unspecified atom stereocenters. The summed E-state index contributed by atoms with van der Waals surface area (Å²) in [5, 5.41) is 9.46. The Kier molecular flexibility index (Phi) is 7.41. The summed E-state index contributed by atoms with van der Waals surface area (Å²) in [6.07, 6.45) is -0.313. The van der Waals surface area contributed by atoms with Crippen LogP contribution in [0.25, 0.3) is 18.5 Å². The molecular formula is C28H22F3N5O4. The van der Waals surface area contributed by atoms with Crippen LogP contribution in [0.5, 0.6) is 11.5 Å². The molecule has 0 spiro atoms. The molecular weight excluding hydrogens is 527 g/mol. The van der Waals surface area contributed by atoms with Crippen molar-refractivity contribution in [1.82, 2.24) is 9.13 Å². The Labute approximate surface area is 224 Å². The molecule has 1 amide bonds. The molecule has 0 fully saturated rings. The number of carbonyl (C=O) groups excluding carboxylic acids is 1. The van der Waals surface area contributed by atoms with Gasteiger partial charge in [-0.2, -0.15) is 5.26 Å². The summed E-state index contributed by atoms with van der Waals surface area (Å²) in [6, 6.07) is 10.9. The first-order valence-corrected chi connectivity index (χ1v) is 11.5. The maximum absolute atomic E-state index is 15.1. The van der Waals surface area contributed by atoms with E-state index in [-0.39, 0.29) is 43.8 Å². The first-order chi connectivity index (χ1) is 19.0. The standard InChI is InChI=1S/C28H22F3N5O4/c1-14-8-22(39-3)23(40-26(27(34)37)16-4-6-17(29)7-5-16)11-18(14)24-21(13-33)35(2)28(38)36(24)25-19(30)9-15(12-32)10-20(25)31/h4-11,13,26H,1,33H2,2-3H3,(H2,34,37)/b21-13+,24-18+. The normalized spacial score (nSPS) is 13.1. The number of carbonyl (C=O) groups is 1. The van der Waals surface area contributed by atoms with Gasteiger partial charge in [-0.05, 0) is 41.6 Å². The summed E-state index contributed by atoms with van der Waals surface area (Å²) < 4.78 is 56.9. The van der Waals surface area contributed by atoms with Crippen LogP contribution in [0.4, 0.5) is 13.2 Å². The van der Waals surface area contributed by atoms with Gasteiger partial charge in [-0.1, -0.05) is 18.7 Å². The predicted molar refractivity (Wildman–Crippen MR) is 139 cm³/mol. The number of imidazole rings is 1. The molecule has 1 aromatic heterocycles. The van der Waals surface area contributed by atoms with Gasteiger partial charge in [0.2, 0.25) is 6.10 Å². The lowest BCUT2D eigenvalue weighted by Gasteiger charge is -2.18. The topological polar surface area (TPSA) is 138 Å². The lowest BCUT2D eigenvalue weighted by molar-refractivity contribution is -0.125. The van der Waals surface area contributed by atoms with Gasteiger partial charge in [0.05, 0.1) is 29.4 Å². The van der Waals surface area contributed by atoms with E-state index in [1.54, 1.807) is 6.07 Å². The lowest BCUT2D eigenvalue weighted by atomic mass is 10.1. The highest BCUT2D eigenvalue weighted by molar-refractivity contribution is 5.81. The number of hydrogen-bond acceptors (Lipinski definition) is 6. The number of rotatable bonds is 6. The van der Waals surface area contributed by atoms with E-state index in [0.717, 1.165) is 39.6 Å². The maximum Gasteiger partial charge on any atom is 0.333 e. The molecule has 0 aliphatic carbocycles. The molecule has 3 aromatic carbocycles. The zero-order valence-corrected chi connectivity index (χ0v) is 21.2. The van der Waals surface area contributed by atoms with Gasteiger partial charge in [-0.3, -0.25) is 13.9 Å². The number of primary amides is 1. The van der Waals surface area contributed by atoms with Gasteiger partial charge in [0.25, 0.3) is 5.91 Å². The largest absolute Gasteiger partial charge is 0.493 e. The van der Waals surface area contributed by atoms with E-state index in [2.05, 4.69) is 6.58 Å². The number of nitriles is 1. The summed E-state index contributed by atoms with van der Waals surface area (Å²) in [5.74, 6) is -3.72. The number of nitrogens with zero attached hydrogens (tertiary/aromatic N) is 3. The Hall–Kier alpha value is -5.44. The number of benzene rings is 3. The van der Waals surface area contributed by atoms with E-state index in [9.17, 15) is 14.0 Å². The second-order valence-corrected chi connectivity index (χ2v) is 8.59. The van der Waals surface area contributed by atoms with E-state index < -0.39 is 40.8 Å². The summed E-state index contributed by atoms with van der Waals surface area (Å²) >= 11 is 0. The Morgan fingerprint density at radius 1 is 1.10 bits per heavy atom. The zero-order valence-electron chi connectivity index (χ0n) is 21.2. The van der Waals surface area contributed by atoms with Crippen LogP contribution >= 0.6 is 0 Å². The summed E-state index contributed by atoms with van der Waals surface area (Å²) in [7, 11) is 2.68. The Bertz CT molecular complexity index is 1940. The lowest BCUT2D eigenvalue weighted by Crippen LogP contribution is -2.27. The second kappa shape index (κ2) is 10.7. The SMILES string of the molecule is C=c1cc(OC)c(OC(C(N)=O)c2ccc(F)cc2)c/c1=c1/c(=C\N)n(C)c(=O)n1-c1c(F)cc(C#N)cc1F. The zero-order chi connectivity index (χ0) is 29.3. The van der Waals surface area contributed by atoms with E-state index in [4.69, 9.17) is 26.2 Å². The molecule has 0 bridgehead atoms. The van der Waals surface area contributed by atoms with Crippen molar-refractivity contribution < 1.29 is 27.4 Å². The minimum absolute atomic E-state index is 0.0513. The third kappa shape index (κ3) is 4.76. The average Bonchev–Trinajstić information content (AvgIpc) is 3.16. The van der Waals surface area contributed by atoms with Crippen LogP contribution in [0, 0.1) is 39.4 Å². The number of hydrogen-bond donors (Lipinski definition) is 2. The molecule has 204 valence electrons. The van der Waals surface area contributed by atoms with E-state index in [0.29, 0.717) is 0 Å². The van der Waals surface area contributed by atoms with Gasteiger partial charge in [-0.25, -0.2) is 18.0 Å². The van der Waals surface area contributed by atoms with Crippen molar-refractivity contribution in [1.29, 1.82) is 5.26 Å². The van der Waals surface area contributed by atoms with Crippen LogP contribution in [0.3, 0.4) is 0 Å². The third-order valence-electron chi connectivity index (χ3n) is 6.15. The minimum Gasteiger partial charge on any atom is -0.493 e. The van der Waals surface area contributed by atoms with Gasteiger partial charge < -0.3 is 20.9 Å². The molecule has 0 saturated heterocycles. The number of ether oxygens (including phenoxy) is 2. The van der Waals surface area contributed by atoms with Gasteiger partial charge in [0, 0.05) is 24.0 Å². The molecule has 1 heterocycles. The van der Waals surface area contributed by atoms with Crippen molar-refractivity contribution in [3.63, 3.8) is 0 Å². The molecule has 12 heteroatoms. The van der Waals surface area contributed by atoms with Crippen LogP contribution in [0.2, 0.25) is 0 Å². The minimum atomic E-state index is -1.38. The van der Waals surface area contributed by atoms with Gasteiger partial charge in [0.1, 0.15) is 11.5 Å². The molecule has 0 aliphatic rings. The van der Waals surface area contributed by atoms with Crippen molar-refractivity contribution in [3.8, 4) is 23.3 Å². The maximum atomic E-state index is 15.1. The molecule has 0 aliphatic heterocycles. The molecule has 40 heavy (non-hydrogen) atoms. The van der Waals surface area contributed by atoms with E-state index in [1.807, 2.05) is 0 Å². The fourth-order valence-corrected chi connectivity index (χ4v) is 4.25. The molecule has 9 nitrogen and oxygen atoms in total. The smallest absolute Gasteiger partial charge is 0.333 e. The number of methoxy groups -OCH3 is 1. The number of amides is 1. The van der Waals surface area contributed by atoms with Gasteiger partial charge in [-0.15, -0.1) is 0 Å². The summed E-state index contributed by atoms with van der Waals surface area (Å²) in [6.45, 7) is 3.97. The summed E-state index contributed by atoms with van der Waals surface area (Å²) in [5.41, 5.74) is 9.74. The van der Waals surface area contributed by atoms with Crippen molar-refractivity contribution in [2.75, 3.05) is 7.11 Å². The molecule has 1 atom stereocenters. The highest BCUT2D eigenvalue weighted by Crippen LogP contribution is 2.30. The fraction of sp³-hybridized carbons (Fsp3) is 0.107. The van der Waals surface area contributed by atoms with Crippen LogP contribution in [-0.2, 0) is 11.8 Å². The molecule has 4 N–H and O–H groups in total. The first-order valence-electron chi connectivity index (χ1n) is 11.5. The van der Waals surface area contributed by atoms with Crippen LogP contribution < -0.4 is 37.2 Å². The Balaban J connectivity index is 2.13. The van der Waals surface area contributed by atoms with Crippen LogP contribution in [-0.4, -0.2) is 22.2 Å². The van der Waals surface area contributed by atoms with Crippen LogP contribution in [0.15, 0.2) is 53.3 Å². The van der Waals surface area contributed by atoms with Crippen molar-refractivity contribution in [2.24, 2.45) is 18.5 Å². The Morgan fingerprint density at radius 3 is 2.25 bits per heavy atom. The van der Waals surface area contributed by atoms with Crippen molar-refractivity contribution >= 4 is 18.7 Å². The molecule has 0 radical (unpaired) electrons. The van der Waals surface area contributed by atoms with Gasteiger partial charge in [0.15, 0.2) is 23.1 Å². The quantitative estimate of drug-likeness (QED) is 0.374. The van der Waals surface area contributed by atoms with Crippen molar-refractivity contribution in [2.45, 2.75) is 6.10 Å². The molecule has 0 saturated carbocycles.